The molecule has 2 aromatic carbocycles. The lowest BCUT2D eigenvalue weighted by atomic mass is 10.00. The largest absolute Gasteiger partial charge is 0.348 e. The molecule has 1 N–H and O–H groups in total. The van der Waals surface area contributed by atoms with Crippen LogP contribution in [0.5, 0.6) is 0 Å². The summed E-state index contributed by atoms with van der Waals surface area (Å²) in [6, 6.07) is 11.2. The van der Waals surface area contributed by atoms with Gasteiger partial charge in [0.25, 0.3) is 0 Å². The van der Waals surface area contributed by atoms with Gasteiger partial charge < -0.3 is 5.32 Å². The predicted molar refractivity (Wildman–Crippen MR) is 111 cm³/mol. The number of carbonyl (C=O) groups is 1. The van der Waals surface area contributed by atoms with Gasteiger partial charge in [-0.1, -0.05) is 35.4 Å². The number of benzene rings is 2. The van der Waals surface area contributed by atoms with Crippen LogP contribution in [0.25, 0.3) is 0 Å². The molecule has 2 aromatic rings. The zero-order chi connectivity index (χ0) is 20.5. The van der Waals surface area contributed by atoms with Crippen molar-refractivity contribution in [1.29, 1.82) is 0 Å². The van der Waals surface area contributed by atoms with Crippen LogP contribution < -0.4 is 5.32 Å². The van der Waals surface area contributed by atoms with Crippen LogP contribution in [0.3, 0.4) is 0 Å². The number of sulfonamides is 1. The number of hydrogen-bond donors (Lipinski definition) is 1. The van der Waals surface area contributed by atoms with E-state index in [1.54, 1.807) is 12.1 Å². The highest BCUT2D eigenvalue weighted by Crippen LogP contribution is 2.28. The molecule has 0 spiro atoms. The molecule has 28 heavy (non-hydrogen) atoms. The van der Waals surface area contributed by atoms with E-state index in [1.807, 2.05) is 32.9 Å². The van der Waals surface area contributed by atoms with Crippen molar-refractivity contribution >= 4 is 27.5 Å². The minimum absolute atomic E-state index is 0.152. The van der Waals surface area contributed by atoms with Crippen LogP contribution in [0.2, 0.25) is 5.02 Å². The van der Waals surface area contributed by atoms with E-state index in [1.165, 1.54) is 16.4 Å². The van der Waals surface area contributed by atoms with Crippen LogP contribution in [-0.2, 0) is 14.8 Å². The zero-order valence-corrected chi connectivity index (χ0v) is 17.8. The van der Waals surface area contributed by atoms with Gasteiger partial charge in [0.15, 0.2) is 0 Å². The highest BCUT2D eigenvalue weighted by Gasteiger charge is 2.39. The van der Waals surface area contributed by atoms with Gasteiger partial charge in [-0.2, -0.15) is 4.31 Å². The average molecular weight is 421 g/mol. The molecule has 0 saturated carbocycles. The molecule has 0 aliphatic carbocycles. The third-order valence-electron chi connectivity index (χ3n) is 5.18. The summed E-state index contributed by atoms with van der Waals surface area (Å²) in [6.45, 7) is 6.29. The van der Waals surface area contributed by atoms with E-state index in [0.29, 0.717) is 24.4 Å². The quantitative estimate of drug-likeness (QED) is 0.795. The Labute approximate surface area is 171 Å². The molecule has 0 unspecified atom stereocenters. The third-order valence-corrected chi connectivity index (χ3v) is 7.35. The van der Waals surface area contributed by atoms with Gasteiger partial charge in [0.05, 0.1) is 10.9 Å². The van der Waals surface area contributed by atoms with E-state index < -0.39 is 16.1 Å². The van der Waals surface area contributed by atoms with Crippen molar-refractivity contribution in [3.8, 4) is 0 Å². The number of aryl methyl sites for hydroxylation is 2. The Kier molecular flexibility index (Phi) is 6.12. The summed E-state index contributed by atoms with van der Waals surface area (Å²) in [4.78, 5) is 13.1. The van der Waals surface area contributed by atoms with E-state index >= 15 is 0 Å². The molecule has 1 aliphatic rings. The fraction of sp³-hybridized carbons (Fsp3) is 0.381. The first-order valence-electron chi connectivity index (χ1n) is 9.35. The van der Waals surface area contributed by atoms with Crippen molar-refractivity contribution in [2.45, 2.75) is 50.6 Å². The van der Waals surface area contributed by atoms with Gasteiger partial charge in [-0.3, -0.25) is 4.79 Å². The summed E-state index contributed by atoms with van der Waals surface area (Å²) < 4.78 is 27.3. The van der Waals surface area contributed by atoms with Crippen LogP contribution in [0.1, 0.15) is 42.5 Å². The highest BCUT2D eigenvalue weighted by molar-refractivity contribution is 7.89. The topological polar surface area (TPSA) is 66.5 Å². The molecule has 1 amide bonds. The molecule has 0 bridgehead atoms. The standard InChI is InChI=1S/C21H25ClN2O3S/c1-14-6-11-19(15(2)13-14)16(3)23-21(25)20-5-4-12-24(20)28(26,27)18-9-7-17(22)8-10-18/h6-11,13,16,20H,4-5,12H2,1-3H3,(H,23,25)/t16-,20+/m1/s1. The van der Waals surface area contributed by atoms with Gasteiger partial charge in [-0.25, -0.2) is 8.42 Å². The zero-order valence-electron chi connectivity index (χ0n) is 16.3. The molecule has 2 atom stereocenters. The minimum Gasteiger partial charge on any atom is -0.348 e. The summed E-state index contributed by atoms with van der Waals surface area (Å²) >= 11 is 5.87. The van der Waals surface area contributed by atoms with Crippen LogP contribution >= 0.6 is 11.6 Å². The van der Waals surface area contributed by atoms with E-state index in [-0.39, 0.29) is 16.8 Å². The van der Waals surface area contributed by atoms with Crippen LogP contribution in [0.15, 0.2) is 47.4 Å². The van der Waals surface area contributed by atoms with E-state index in [0.717, 1.165) is 16.7 Å². The second-order valence-corrected chi connectivity index (χ2v) is 9.65. The molecular formula is C21H25ClN2O3S. The lowest BCUT2D eigenvalue weighted by Crippen LogP contribution is -2.46. The average Bonchev–Trinajstić information content (AvgIpc) is 3.12. The van der Waals surface area contributed by atoms with E-state index in [4.69, 9.17) is 11.6 Å². The maximum atomic E-state index is 13.0. The highest BCUT2D eigenvalue weighted by atomic mass is 35.5. The molecular weight excluding hydrogens is 396 g/mol. The van der Waals surface area contributed by atoms with Gasteiger partial charge in [0.2, 0.25) is 15.9 Å². The van der Waals surface area contributed by atoms with E-state index in [2.05, 4.69) is 11.4 Å². The Morgan fingerprint density at radius 2 is 1.86 bits per heavy atom. The van der Waals surface area contributed by atoms with Gasteiger partial charge >= 0.3 is 0 Å². The molecule has 0 aromatic heterocycles. The molecule has 0 radical (unpaired) electrons. The molecule has 1 heterocycles. The van der Waals surface area contributed by atoms with Crippen molar-refractivity contribution in [2.75, 3.05) is 6.54 Å². The molecule has 7 heteroatoms. The van der Waals surface area contributed by atoms with Crippen molar-refractivity contribution in [3.05, 3.63) is 64.2 Å². The summed E-state index contributed by atoms with van der Waals surface area (Å²) in [6.07, 6.45) is 1.17. The smallest absolute Gasteiger partial charge is 0.243 e. The first kappa shape index (κ1) is 20.8. The molecule has 5 nitrogen and oxygen atoms in total. The lowest BCUT2D eigenvalue weighted by Gasteiger charge is -2.25. The molecule has 1 aliphatic heterocycles. The summed E-state index contributed by atoms with van der Waals surface area (Å²) in [5.41, 5.74) is 3.30. The SMILES string of the molecule is Cc1ccc([C@@H](C)NC(=O)[C@@H]2CCCN2S(=O)(=O)c2ccc(Cl)cc2)c(C)c1. The van der Waals surface area contributed by atoms with Crippen molar-refractivity contribution in [1.82, 2.24) is 9.62 Å². The third kappa shape index (κ3) is 4.24. The molecule has 1 saturated heterocycles. The second-order valence-electron chi connectivity index (χ2n) is 7.32. The second kappa shape index (κ2) is 8.23. The number of halogens is 1. The first-order valence-corrected chi connectivity index (χ1v) is 11.2. The fourth-order valence-corrected chi connectivity index (χ4v) is 5.51. The van der Waals surface area contributed by atoms with Crippen molar-refractivity contribution < 1.29 is 13.2 Å². The van der Waals surface area contributed by atoms with Crippen LogP contribution in [0.4, 0.5) is 0 Å². The summed E-state index contributed by atoms with van der Waals surface area (Å²) in [5.74, 6) is -0.262. The Hall–Kier alpha value is -1.89. The normalized spacial score (nSPS) is 18.8. The molecule has 150 valence electrons. The minimum atomic E-state index is -3.75. The molecule has 3 rings (SSSR count). The maximum absolute atomic E-state index is 13.0. The maximum Gasteiger partial charge on any atom is 0.243 e. The van der Waals surface area contributed by atoms with Crippen LogP contribution in [0, 0.1) is 13.8 Å². The fourth-order valence-electron chi connectivity index (χ4n) is 3.73. The van der Waals surface area contributed by atoms with Crippen molar-refractivity contribution in [3.63, 3.8) is 0 Å². The molecule has 1 fully saturated rings. The Bertz CT molecular complexity index is 974. The van der Waals surface area contributed by atoms with Gasteiger partial charge in [-0.15, -0.1) is 0 Å². The lowest BCUT2D eigenvalue weighted by molar-refractivity contribution is -0.124. The number of nitrogens with one attached hydrogen (secondary N) is 1. The van der Waals surface area contributed by atoms with Gasteiger partial charge in [-0.05, 0) is 69.0 Å². The number of carbonyl (C=O) groups excluding carboxylic acids is 1. The Balaban J connectivity index is 1.78. The Morgan fingerprint density at radius 3 is 2.50 bits per heavy atom. The monoisotopic (exact) mass is 420 g/mol. The predicted octanol–water partition coefficient (Wildman–Crippen LogP) is 3.99. The number of rotatable bonds is 5. The van der Waals surface area contributed by atoms with Crippen LogP contribution in [-0.4, -0.2) is 31.2 Å². The van der Waals surface area contributed by atoms with E-state index in [9.17, 15) is 13.2 Å². The summed E-state index contributed by atoms with van der Waals surface area (Å²) in [7, 11) is -3.75. The number of nitrogens with zero attached hydrogens (tertiary/aromatic N) is 1. The van der Waals surface area contributed by atoms with Gasteiger partial charge in [0.1, 0.15) is 6.04 Å². The first-order chi connectivity index (χ1) is 13.2. The van der Waals surface area contributed by atoms with Gasteiger partial charge in [0, 0.05) is 11.6 Å². The van der Waals surface area contributed by atoms with Crippen molar-refractivity contribution in [2.24, 2.45) is 0 Å². The Morgan fingerprint density at radius 1 is 1.18 bits per heavy atom. The number of hydrogen-bond acceptors (Lipinski definition) is 3. The number of amides is 1. The summed E-state index contributed by atoms with van der Waals surface area (Å²) in [5, 5.41) is 3.46.